The molecule has 0 saturated carbocycles. The van der Waals surface area contributed by atoms with E-state index in [2.05, 4.69) is 15.8 Å². The van der Waals surface area contributed by atoms with Crippen molar-refractivity contribution in [1.82, 2.24) is 10.3 Å². The first-order valence-corrected chi connectivity index (χ1v) is 17.0. The molecule has 0 saturated heterocycles. The molecule has 3 N–H and O–H groups in total. The average molecular weight is 683 g/mol. The molecule has 0 aliphatic carbocycles. The number of phenols is 1. The minimum absolute atomic E-state index is 0.0171. The maximum absolute atomic E-state index is 13.8. The van der Waals surface area contributed by atoms with Gasteiger partial charge in [-0.1, -0.05) is 79.2 Å². The molecule has 1 heterocycles. The van der Waals surface area contributed by atoms with E-state index >= 15 is 0 Å². The first-order valence-electron chi connectivity index (χ1n) is 17.0. The number of carbonyl (C=O) groups is 4. The average Bonchev–Trinajstić information content (AvgIpc) is 3.11. The number of para-hydroxylation sites is 2. The highest BCUT2D eigenvalue weighted by Gasteiger charge is 2.35. The van der Waals surface area contributed by atoms with E-state index in [4.69, 9.17) is 9.47 Å². The number of esters is 1. The standard InChI is InChI=1S/C39H46N4O7/c1-49-28-33-39(31-17-6-4-7-18-31)50-38(48)24-11-3-2-10-23-37(47)43(33)27-30-16-14-15-29(25-30)26-40-42-36(46)22-9-5-8-21-35(45)41-32-19-12-13-20-34(32)44/h2-4,6-7,12-20,25-26,33,39,44H,5,8-11,21-24,27-28H2,1H3,(H,41,45)(H,42,46)/b3-2+,40-26+/t33-,39-/m0/s1. The van der Waals surface area contributed by atoms with E-state index in [0.717, 1.165) is 16.7 Å². The summed E-state index contributed by atoms with van der Waals surface area (Å²) >= 11 is 0. The van der Waals surface area contributed by atoms with E-state index in [1.807, 2.05) is 66.7 Å². The van der Waals surface area contributed by atoms with Crippen LogP contribution in [-0.4, -0.2) is 59.7 Å². The molecule has 0 aromatic heterocycles. The summed E-state index contributed by atoms with van der Waals surface area (Å²) in [7, 11) is 1.56. The Bertz CT molecular complexity index is 1630. The number of nitrogens with zero attached hydrogens (tertiary/aromatic N) is 2. The zero-order chi connectivity index (χ0) is 35.6. The van der Waals surface area contributed by atoms with Crippen LogP contribution >= 0.6 is 0 Å². The van der Waals surface area contributed by atoms with Crippen molar-refractivity contribution < 1.29 is 33.8 Å². The molecule has 3 aromatic rings. The number of benzene rings is 3. The number of amides is 3. The second kappa shape index (κ2) is 20.3. The van der Waals surface area contributed by atoms with Gasteiger partial charge in [0, 0.05) is 39.3 Å². The van der Waals surface area contributed by atoms with Gasteiger partial charge >= 0.3 is 5.97 Å². The molecule has 50 heavy (non-hydrogen) atoms. The number of cyclic esters (lactones) is 1. The Labute approximate surface area is 293 Å². The SMILES string of the molecule is COC[C@H]1[C@H](c2ccccc2)OC(=O)CC/C=C/CCC(=O)N1Cc1cccc(/C=N/NC(=O)CCCCCC(=O)Nc2ccccc2O)c1. The number of allylic oxidation sites excluding steroid dienone is 2. The van der Waals surface area contributed by atoms with Crippen molar-refractivity contribution in [1.29, 1.82) is 0 Å². The van der Waals surface area contributed by atoms with Crippen LogP contribution in [0.4, 0.5) is 5.69 Å². The van der Waals surface area contributed by atoms with Crippen molar-refractivity contribution in [3.63, 3.8) is 0 Å². The Morgan fingerprint density at radius 1 is 0.920 bits per heavy atom. The third kappa shape index (κ3) is 12.3. The normalized spacial score (nSPS) is 17.7. The molecule has 3 aromatic carbocycles. The van der Waals surface area contributed by atoms with Gasteiger partial charge < -0.3 is 24.8 Å². The molecule has 0 spiro atoms. The van der Waals surface area contributed by atoms with Crippen LogP contribution in [0, 0.1) is 0 Å². The highest BCUT2D eigenvalue weighted by Crippen LogP contribution is 2.29. The summed E-state index contributed by atoms with van der Waals surface area (Å²) in [5.74, 6) is -0.841. The van der Waals surface area contributed by atoms with E-state index in [0.29, 0.717) is 44.2 Å². The summed E-state index contributed by atoms with van der Waals surface area (Å²) in [6.45, 7) is 0.406. The number of anilines is 1. The lowest BCUT2D eigenvalue weighted by molar-refractivity contribution is -0.159. The van der Waals surface area contributed by atoms with Crippen molar-refractivity contribution in [3.8, 4) is 5.75 Å². The van der Waals surface area contributed by atoms with E-state index in [1.54, 1.807) is 36.4 Å². The molecule has 1 aliphatic heterocycles. The Morgan fingerprint density at radius 2 is 1.64 bits per heavy atom. The summed E-state index contributed by atoms with van der Waals surface area (Å²) in [5, 5.41) is 16.6. The Hall–Kier alpha value is -5.29. The molecule has 0 radical (unpaired) electrons. The molecular formula is C39H46N4O7. The summed E-state index contributed by atoms with van der Waals surface area (Å²) in [5.41, 5.74) is 5.28. The fourth-order valence-corrected chi connectivity index (χ4v) is 5.64. The van der Waals surface area contributed by atoms with Crippen molar-refractivity contribution in [2.45, 2.75) is 76.5 Å². The first-order chi connectivity index (χ1) is 24.3. The molecule has 11 heteroatoms. The lowest BCUT2D eigenvalue weighted by atomic mass is 9.99. The number of carbonyl (C=O) groups excluding carboxylic acids is 4. The zero-order valence-corrected chi connectivity index (χ0v) is 28.5. The highest BCUT2D eigenvalue weighted by molar-refractivity contribution is 5.92. The fourth-order valence-electron chi connectivity index (χ4n) is 5.64. The second-order valence-electron chi connectivity index (χ2n) is 12.1. The first kappa shape index (κ1) is 37.5. The minimum atomic E-state index is -0.725. The third-order valence-corrected chi connectivity index (χ3v) is 8.19. The largest absolute Gasteiger partial charge is 0.506 e. The van der Waals surface area contributed by atoms with Crippen molar-refractivity contribution >= 4 is 35.6 Å². The number of ether oxygens (including phenoxy) is 2. The number of aromatic hydroxyl groups is 1. The number of hydrogen-bond donors (Lipinski definition) is 3. The Balaban J connectivity index is 1.35. The molecule has 2 atom stereocenters. The number of hydrogen-bond acceptors (Lipinski definition) is 8. The molecule has 0 unspecified atom stereocenters. The number of phenolic OH excluding ortho intramolecular Hbond substituents is 1. The van der Waals surface area contributed by atoms with Gasteiger partial charge in [0.25, 0.3) is 0 Å². The van der Waals surface area contributed by atoms with Crippen LogP contribution in [0.15, 0.2) is 96.1 Å². The highest BCUT2D eigenvalue weighted by atomic mass is 16.5. The minimum Gasteiger partial charge on any atom is -0.506 e. The van der Waals surface area contributed by atoms with E-state index < -0.39 is 12.1 Å². The van der Waals surface area contributed by atoms with Gasteiger partial charge in [-0.2, -0.15) is 5.10 Å². The van der Waals surface area contributed by atoms with Gasteiger partial charge in [0.15, 0.2) is 0 Å². The van der Waals surface area contributed by atoms with Crippen LogP contribution in [0.25, 0.3) is 0 Å². The van der Waals surface area contributed by atoms with Gasteiger partial charge in [0.1, 0.15) is 11.9 Å². The van der Waals surface area contributed by atoms with Crippen LogP contribution in [0.5, 0.6) is 5.75 Å². The van der Waals surface area contributed by atoms with Gasteiger partial charge in [0.2, 0.25) is 17.7 Å². The van der Waals surface area contributed by atoms with Crippen molar-refractivity contribution in [2.75, 3.05) is 19.0 Å². The van der Waals surface area contributed by atoms with Crippen LogP contribution in [-0.2, 0) is 35.2 Å². The van der Waals surface area contributed by atoms with Gasteiger partial charge in [-0.3, -0.25) is 19.2 Å². The monoisotopic (exact) mass is 682 g/mol. The lowest BCUT2D eigenvalue weighted by Crippen LogP contribution is -2.47. The van der Waals surface area contributed by atoms with Crippen molar-refractivity contribution in [2.24, 2.45) is 5.10 Å². The second-order valence-corrected chi connectivity index (χ2v) is 12.1. The predicted octanol–water partition coefficient (Wildman–Crippen LogP) is 6.19. The summed E-state index contributed by atoms with van der Waals surface area (Å²) in [6.07, 6.45) is 8.75. The maximum Gasteiger partial charge on any atom is 0.306 e. The van der Waals surface area contributed by atoms with Crippen LogP contribution in [0.3, 0.4) is 0 Å². The molecule has 4 rings (SSSR count). The quantitative estimate of drug-likeness (QED) is 0.0459. The Morgan fingerprint density at radius 3 is 2.40 bits per heavy atom. The molecule has 0 fully saturated rings. The molecular weight excluding hydrogens is 636 g/mol. The number of hydrazone groups is 1. The number of rotatable bonds is 14. The molecule has 264 valence electrons. The summed E-state index contributed by atoms with van der Waals surface area (Å²) in [6, 6.07) is 22.9. The zero-order valence-electron chi connectivity index (χ0n) is 28.5. The summed E-state index contributed by atoms with van der Waals surface area (Å²) < 4.78 is 11.6. The maximum atomic E-state index is 13.8. The molecule has 1 aliphatic rings. The van der Waals surface area contributed by atoms with Gasteiger partial charge in [-0.25, -0.2) is 5.43 Å². The fraction of sp³-hybridized carbons (Fsp3) is 0.359. The topological polar surface area (TPSA) is 147 Å². The van der Waals surface area contributed by atoms with Crippen LogP contribution in [0.2, 0.25) is 0 Å². The van der Waals surface area contributed by atoms with Gasteiger partial charge in [-0.05, 0) is 60.6 Å². The Kier molecular flexibility index (Phi) is 15.2. The van der Waals surface area contributed by atoms with Gasteiger partial charge in [-0.15, -0.1) is 0 Å². The molecule has 11 nitrogen and oxygen atoms in total. The van der Waals surface area contributed by atoms with Crippen LogP contribution in [0.1, 0.15) is 80.6 Å². The number of methoxy groups -OCH3 is 1. The number of nitrogens with one attached hydrogen (secondary N) is 2. The lowest BCUT2D eigenvalue weighted by Gasteiger charge is -2.37. The van der Waals surface area contributed by atoms with Gasteiger partial charge in [0.05, 0.1) is 24.6 Å². The van der Waals surface area contributed by atoms with E-state index in [9.17, 15) is 24.3 Å². The van der Waals surface area contributed by atoms with E-state index in [1.165, 1.54) is 6.07 Å². The van der Waals surface area contributed by atoms with Crippen molar-refractivity contribution in [3.05, 3.63) is 108 Å². The third-order valence-electron chi connectivity index (χ3n) is 8.19. The van der Waals surface area contributed by atoms with Crippen LogP contribution < -0.4 is 10.7 Å². The molecule has 0 bridgehead atoms. The predicted molar refractivity (Wildman–Crippen MR) is 191 cm³/mol. The summed E-state index contributed by atoms with van der Waals surface area (Å²) in [4.78, 5) is 52.9. The molecule has 3 amide bonds. The smallest absolute Gasteiger partial charge is 0.306 e. The number of unbranched alkanes of at least 4 members (excludes halogenated alkanes) is 2. The van der Waals surface area contributed by atoms with E-state index in [-0.39, 0.29) is 61.9 Å².